The maximum Gasteiger partial charge on any atom is 0.223 e. The van der Waals surface area contributed by atoms with Gasteiger partial charge in [-0.2, -0.15) is 0 Å². The summed E-state index contributed by atoms with van der Waals surface area (Å²) in [5.41, 5.74) is 0.939. The fourth-order valence-corrected chi connectivity index (χ4v) is 4.10. The SMILES string of the molecule is CC(CO)(CO)NC(=O)[C@H]1C[C@H](c2c(-c3ccc(F)cc3)[nH]c3c(F)cc(F)cc32)C1. The number of carbonyl (C=O) groups excluding carboxylic acids is 1. The van der Waals surface area contributed by atoms with Crippen molar-refractivity contribution in [2.75, 3.05) is 13.2 Å². The summed E-state index contributed by atoms with van der Waals surface area (Å²) in [6.45, 7) is 0.737. The minimum absolute atomic E-state index is 0.139. The lowest BCUT2D eigenvalue weighted by molar-refractivity contribution is -0.131. The van der Waals surface area contributed by atoms with Gasteiger partial charge in [0, 0.05) is 17.4 Å². The number of halogens is 3. The van der Waals surface area contributed by atoms with Gasteiger partial charge in [0.25, 0.3) is 0 Å². The van der Waals surface area contributed by atoms with E-state index < -0.39 is 36.2 Å². The molecular weight excluding hydrogens is 409 g/mol. The summed E-state index contributed by atoms with van der Waals surface area (Å²) in [5, 5.41) is 21.8. The van der Waals surface area contributed by atoms with Crippen LogP contribution in [0.5, 0.6) is 0 Å². The summed E-state index contributed by atoms with van der Waals surface area (Å²) in [6.07, 6.45) is 0.885. The van der Waals surface area contributed by atoms with Crippen LogP contribution in [0.25, 0.3) is 22.2 Å². The molecule has 0 aliphatic heterocycles. The first-order valence-electron chi connectivity index (χ1n) is 10.0. The topological polar surface area (TPSA) is 85.3 Å². The zero-order valence-corrected chi connectivity index (χ0v) is 16.9. The standard InChI is InChI=1S/C23H23F3N2O3/c1-23(10-29,11-30)28-22(31)14-6-13(7-14)19-17-8-16(25)9-18(26)21(17)27-20(19)12-2-4-15(24)5-3-12/h2-5,8-9,13-14,27,29-30H,6-7,10-11H2,1H3,(H,28,31)/t13-,14-. The molecule has 5 nitrogen and oxygen atoms in total. The molecule has 0 atom stereocenters. The molecule has 1 aliphatic rings. The van der Waals surface area contributed by atoms with Crippen LogP contribution in [0.1, 0.15) is 31.2 Å². The van der Waals surface area contributed by atoms with Crippen molar-refractivity contribution in [3.05, 3.63) is 59.4 Å². The molecule has 1 heterocycles. The number of aliphatic hydroxyl groups is 2. The number of hydrogen-bond acceptors (Lipinski definition) is 3. The van der Waals surface area contributed by atoms with Crippen LogP contribution >= 0.6 is 0 Å². The second-order valence-corrected chi connectivity index (χ2v) is 8.46. The Hall–Kier alpha value is -2.84. The molecular formula is C23H23F3N2O3. The first kappa shape index (κ1) is 21.4. The van der Waals surface area contributed by atoms with Crippen LogP contribution in [0.15, 0.2) is 36.4 Å². The van der Waals surface area contributed by atoms with E-state index in [0.29, 0.717) is 35.0 Å². The number of aromatic amines is 1. The number of H-pyrrole nitrogens is 1. The molecule has 8 heteroatoms. The molecule has 0 bridgehead atoms. The number of fused-ring (bicyclic) bond motifs is 1. The molecule has 1 saturated carbocycles. The van der Waals surface area contributed by atoms with E-state index >= 15 is 0 Å². The molecule has 0 radical (unpaired) electrons. The van der Waals surface area contributed by atoms with Gasteiger partial charge in [-0.15, -0.1) is 0 Å². The van der Waals surface area contributed by atoms with E-state index in [4.69, 9.17) is 0 Å². The first-order valence-corrected chi connectivity index (χ1v) is 10.0. The molecule has 4 N–H and O–H groups in total. The van der Waals surface area contributed by atoms with Gasteiger partial charge in [0.2, 0.25) is 5.91 Å². The Bertz CT molecular complexity index is 1120. The molecule has 31 heavy (non-hydrogen) atoms. The van der Waals surface area contributed by atoms with Crippen LogP contribution in [0.2, 0.25) is 0 Å². The number of rotatable bonds is 6. The Labute approximate surface area is 176 Å². The highest BCUT2D eigenvalue weighted by Crippen LogP contribution is 2.48. The highest BCUT2D eigenvalue weighted by molar-refractivity contribution is 5.92. The maximum absolute atomic E-state index is 14.4. The van der Waals surface area contributed by atoms with Crippen molar-refractivity contribution in [1.29, 1.82) is 0 Å². The van der Waals surface area contributed by atoms with Crippen molar-refractivity contribution in [3.8, 4) is 11.3 Å². The highest BCUT2D eigenvalue weighted by atomic mass is 19.1. The summed E-state index contributed by atoms with van der Waals surface area (Å²) >= 11 is 0. The number of hydrogen-bond donors (Lipinski definition) is 4. The number of nitrogens with one attached hydrogen (secondary N) is 2. The first-order chi connectivity index (χ1) is 14.7. The summed E-state index contributed by atoms with van der Waals surface area (Å²) in [7, 11) is 0. The molecule has 0 saturated heterocycles. The summed E-state index contributed by atoms with van der Waals surface area (Å²) in [5.74, 6) is -2.62. The minimum Gasteiger partial charge on any atom is -0.394 e. The van der Waals surface area contributed by atoms with Crippen molar-refractivity contribution in [3.63, 3.8) is 0 Å². The predicted octanol–water partition coefficient (Wildman–Crippen LogP) is 3.61. The Morgan fingerprint density at radius 1 is 1.10 bits per heavy atom. The monoisotopic (exact) mass is 432 g/mol. The molecule has 0 unspecified atom stereocenters. The van der Waals surface area contributed by atoms with E-state index in [1.807, 2.05) is 0 Å². The molecule has 2 aromatic carbocycles. The largest absolute Gasteiger partial charge is 0.394 e. The normalized spacial score (nSPS) is 18.8. The van der Waals surface area contributed by atoms with E-state index in [1.54, 1.807) is 19.1 Å². The second kappa shape index (κ2) is 8.01. The number of aromatic nitrogens is 1. The third-order valence-electron chi connectivity index (χ3n) is 6.04. The fraction of sp³-hybridized carbons (Fsp3) is 0.348. The van der Waals surface area contributed by atoms with Crippen LogP contribution in [-0.4, -0.2) is 39.9 Å². The predicted molar refractivity (Wildman–Crippen MR) is 110 cm³/mol. The molecule has 1 aromatic heterocycles. The van der Waals surface area contributed by atoms with Crippen molar-refractivity contribution < 1.29 is 28.2 Å². The van der Waals surface area contributed by atoms with Crippen LogP contribution in [0, 0.1) is 23.4 Å². The average Bonchev–Trinajstić information content (AvgIpc) is 3.07. The van der Waals surface area contributed by atoms with Gasteiger partial charge in [-0.25, -0.2) is 13.2 Å². The van der Waals surface area contributed by atoms with E-state index in [1.165, 1.54) is 18.2 Å². The smallest absolute Gasteiger partial charge is 0.223 e. The molecule has 0 spiro atoms. The van der Waals surface area contributed by atoms with Crippen molar-refractivity contribution in [2.45, 2.75) is 31.2 Å². The summed E-state index contributed by atoms with van der Waals surface area (Å²) in [6, 6.07) is 7.79. The quantitative estimate of drug-likeness (QED) is 0.480. The number of amides is 1. The van der Waals surface area contributed by atoms with Crippen LogP contribution in [0.3, 0.4) is 0 Å². The Morgan fingerprint density at radius 2 is 1.74 bits per heavy atom. The van der Waals surface area contributed by atoms with Gasteiger partial charge in [0.1, 0.15) is 17.5 Å². The fourth-order valence-electron chi connectivity index (χ4n) is 4.10. The molecule has 1 amide bonds. The highest BCUT2D eigenvalue weighted by Gasteiger charge is 2.40. The van der Waals surface area contributed by atoms with E-state index in [2.05, 4.69) is 10.3 Å². The van der Waals surface area contributed by atoms with Gasteiger partial charge in [0.15, 0.2) is 0 Å². The van der Waals surface area contributed by atoms with Gasteiger partial charge in [-0.1, -0.05) is 0 Å². The third kappa shape index (κ3) is 3.93. The Balaban J connectivity index is 1.67. The number of carbonyl (C=O) groups is 1. The lowest BCUT2D eigenvalue weighted by atomic mass is 9.69. The number of benzene rings is 2. The zero-order valence-electron chi connectivity index (χ0n) is 16.9. The molecule has 1 aliphatic carbocycles. The van der Waals surface area contributed by atoms with Crippen molar-refractivity contribution in [1.82, 2.24) is 10.3 Å². The lowest BCUT2D eigenvalue weighted by Crippen LogP contribution is -2.54. The van der Waals surface area contributed by atoms with Crippen molar-refractivity contribution in [2.24, 2.45) is 5.92 Å². The molecule has 4 rings (SSSR count). The summed E-state index contributed by atoms with van der Waals surface area (Å²) in [4.78, 5) is 15.5. The molecule has 3 aromatic rings. The number of aliphatic hydroxyl groups excluding tert-OH is 2. The van der Waals surface area contributed by atoms with Gasteiger partial charge in [-0.05, 0) is 67.1 Å². The molecule has 1 fully saturated rings. The second-order valence-electron chi connectivity index (χ2n) is 8.46. The Morgan fingerprint density at radius 3 is 2.35 bits per heavy atom. The van der Waals surface area contributed by atoms with Gasteiger partial charge in [0.05, 0.1) is 30.0 Å². The molecule has 164 valence electrons. The van der Waals surface area contributed by atoms with E-state index in [0.717, 1.165) is 6.07 Å². The average molecular weight is 432 g/mol. The maximum atomic E-state index is 14.4. The van der Waals surface area contributed by atoms with Crippen LogP contribution in [0.4, 0.5) is 13.2 Å². The van der Waals surface area contributed by atoms with Crippen molar-refractivity contribution >= 4 is 16.8 Å². The van der Waals surface area contributed by atoms with Gasteiger partial charge in [-0.3, -0.25) is 4.79 Å². The third-order valence-corrected chi connectivity index (χ3v) is 6.04. The Kier molecular flexibility index (Phi) is 5.53. The van der Waals surface area contributed by atoms with E-state index in [9.17, 15) is 28.2 Å². The summed E-state index contributed by atoms with van der Waals surface area (Å²) < 4.78 is 41.8. The minimum atomic E-state index is -1.12. The lowest BCUT2D eigenvalue weighted by Gasteiger charge is -2.37. The van der Waals surface area contributed by atoms with Gasteiger partial charge >= 0.3 is 0 Å². The van der Waals surface area contributed by atoms with E-state index in [-0.39, 0.29) is 23.3 Å². The van der Waals surface area contributed by atoms with Crippen LogP contribution in [-0.2, 0) is 4.79 Å². The van der Waals surface area contributed by atoms with Gasteiger partial charge < -0.3 is 20.5 Å². The zero-order chi connectivity index (χ0) is 22.3. The van der Waals surface area contributed by atoms with Crippen LogP contribution < -0.4 is 5.32 Å².